The molecule has 1 fully saturated rings. The highest BCUT2D eigenvalue weighted by atomic mass is 32.2. The van der Waals surface area contributed by atoms with E-state index in [9.17, 15) is 8.42 Å². The molecule has 0 spiro atoms. The first kappa shape index (κ1) is 22.3. The van der Waals surface area contributed by atoms with E-state index in [4.69, 9.17) is 10.7 Å². The Labute approximate surface area is 189 Å². The second kappa shape index (κ2) is 8.93. The van der Waals surface area contributed by atoms with Crippen molar-refractivity contribution >= 4 is 15.8 Å². The third-order valence-electron chi connectivity index (χ3n) is 5.82. The SMILES string of the molecule is Cc1cc(-c2nc(-c3cc(S(=O)(=O)NCC4CCN(C)C4)ccc3C)cnc2N)ccn1. The lowest BCUT2D eigenvalue weighted by Crippen LogP contribution is -2.30. The minimum absolute atomic E-state index is 0.212. The number of aryl methyl sites for hydroxylation is 2. The van der Waals surface area contributed by atoms with Gasteiger partial charge in [-0.05, 0) is 69.6 Å². The van der Waals surface area contributed by atoms with Gasteiger partial charge in [0.25, 0.3) is 0 Å². The first-order chi connectivity index (χ1) is 15.2. The van der Waals surface area contributed by atoms with E-state index in [0.29, 0.717) is 35.2 Å². The fraction of sp³-hybridized carbons (Fsp3) is 0.348. The Kier molecular flexibility index (Phi) is 6.23. The summed E-state index contributed by atoms with van der Waals surface area (Å²) in [7, 11) is -1.59. The van der Waals surface area contributed by atoms with Crippen molar-refractivity contribution in [3.8, 4) is 22.5 Å². The lowest BCUT2D eigenvalue weighted by molar-refractivity contribution is 0.394. The molecule has 1 aliphatic heterocycles. The van der Waals surface area contributed by atoms with Crippen LogP contribution in [0.1, 0.15) is 17.7 Å². The molecular weight excluding hydrogens is 424 g/mol. The average Bonchev–Trinajstić information content (AvgIpc) is 3.18. The maximum atomic E-state index is 13.0. The summed E-state index contributed by atoms with van der Waals surface area (Å²) in [6.07, 6.45) is 4.27. The summed E-state index contributed by atoms with van der Waals surface area (Å²) in [5.74, 6) is 0.637. The molecule has 2 aromatic heterocycles. The Balaban J connectivity index is 1.65. The van der Waals surface area contributed by atoms with Crippen LogP contribution >= 0.6 is 0 Å². The van der Waals surface area contributed by atoms with Gasteiger partial charge in [0.2, 0.25) is 10.0 Å². The van der Waals surface area contributed by atoms with Crippen LogP contribution in [0.3, 0.4) is 0 Å². The maximum Gasteiger partial charge on any atom is 0.240 e. The van der Waals surface area contributed by atoms with Gasteiger partial charge in [0, 0.05) is 36.1 Å². The predicted molar refractivity (Wildman–Crippen MR) is 125 cm³/mol. The van der Waals surface area contributed by atoms with E-state index in [1.807, 2.05) is 26.0 Å². The zero-order chi connectivity index (χ0) is 22.9. The lowest BCUT2D eigenvalue weighted by atomic mass is 10.1. The monoisotopic (exact) mass is 452 g/mol. The molecular formula is C23H28N6O2S. The summed E-state index contributed by atoms with van der Waals surface area (Å²) in [5.41, 5.74) is 10.5. The Hall–Kier alpha value is -2.88. The topological polar surface area (TPSA) is 114 Å². The van der Waals surface area contributed by atoms with E-state index in [-0.39, 0.29) is 4.90 Å². The van der Waals surface area contributed by atoms with Crippen molar-refractivity contribution in [2.75, 3.05) is 32.4 Å². The molecule has 168 valence electrons. The van der Waals surface area contributed by atoms with Crippen LogP contribution < -0.4 is 10.5 Å². The van der Waals surface area contributed by atoms with E-state index in [0.717, 1.165) is 36.3 Å². The highest BCUT2D eigenvalue weighted by molar-refractivity contribution is 7.89. The fourth-order valence-electron chi connectivity index (χ4n) is 3.98. The summed E-state index contributed by atoms with van der Waals surface area (Å²) in [5, 5.41) is 0. The smallest absolute Gasteiger partial charge is 0.240 e. The van der Waals surface area contributed by atoms with Crippen LogP contribution in [0, 0.1) is 19.8 Å². The number of likely N-dealkylation sites (tertiary alicyclic amines) is 1. The first-order valence-electron chi connectivity index (χ1n) is 10.6. The molecule has 0 radical (unpaired) electrons. The second-order valence-corrected chi connectivity index (χ2v) is 10.2. The molecule has 1 aliphatic rings. The number of anilines is 1. The molecule has 8 nitrogen and oxygen atoms in total. The zero-order valence-corrected chi connectivity index (χ0v) is 19.4. The molecule has 32 heavy (non-hydrogen) atoms. The third kappa shape index (κ3) is 4.79. The van der Waals surface area contributed by atoms with Crippen molar-refractivity contribution in [1.29, 1.82) is 0 Å². The van der Waals surface area contributed by atoms with Gasteiger partial charge in [0.05, 0.1) is 16.8 Å². The molecule has 1 atom stereocenters. The molecule has 3 aromatic rings. The minimum atomic E-state index is -3.64. The van der Waals surface area contributed by atoms with Crippen LogP contribution in [0.25, 0.3) is 22.5 Å². The fourth-order valence-corrected chi connectivity index (χ4v) is 5.12. The maximum absolute atomic E-state index is 13.0. The van der Waals surface area contributed by atoms with Gasteiger partial charge in [-0.3, -0.25) is 4.98 Å². The standard InChI is InChI=1S/C23H28N6O2S/c1-15-4-5-19(32(30,31)27-12-17-7-9-29(3)14-17)11-20(15)21-13-26-23(24)22(28-21)18-6-8-25-16(2)10-18/h4-6,8,10-11,13,17,27H,7,9,12,14H2,1-3H3,(H2,24,26). The summed E-state index contributed by atoms with van der Waals surface area (Å²) < 4.78 is 28.7. The number of nitrogens with two attached hydrogens (primary N) is 1. The number of nitrogens with zero attached hydrogens (tertiary/aromatic N) is 4. The Morgan fingerprint density at radius 2 is 2.00 bits per heavy atom. The van der Waals surface area contributed by atoms with E-state index >= 15 is 0 Å². The number of hydrogen-bond donors (Lipinski definition) is 2. The molecule has 0 saturated carbocycles. The summed E-state index contributed by atoms with van der Waals surface area (Å²) >= 11 is 0. The number of benzene rings is 1. The van der Waals surface area contributed by atoms with Gasteiger partial charge in [0.1, 0.15) is 11.5 Å². The van der Waals surface area contributed by atoms with Gasteiger partial charge >= 0.3 is 0 Å². The molecule has 0 amide bonds. The number of hydrogen-bond acceptors (Lipinski definition) is 7. The van der Waals surface area contributed by atoms with E-state index in [1.165, 1.54) is 0 Å². The molecule has 9 heteroatoms. The van der Waals surface area contributed by atoms with Crippen LogP contribution in [0.15, 0.2) is 47.6 Å². The van der Waals surface area contributed by atoms with Gasteiger partial charge in [-0.2, -0.15) is 0 Å². The van der Waals surface area contributed by atoms with Crippen LogP contribution in [-0.2, 0) is 10.0 Å². The number of rotatable bonds is 6. The van der Waals surface area contributed by atoms with Crippen molar-refractivity contribution < 1.29 is 8.42 Å². The molecule has 3 heterocycles. The molecule has 1 aromatic carbocycles. The third-order valence-corrected chi connectivity index (χ3v) is 7.24. The average molecular weight is 453 g/mol. The zero-order valence-electron chi connectivity index (χ0n) is 18.5. The second-order valence-electron chi connectivity index (χ2n) is 8.42. The molecule has 4 rings (SSSR count). The van der Waals surface area contributed by atoms with Crippen molar-refractivity contribution in [2.45, 2.75) is 25.2 Å². The summed E-state index contributed by atoms with van der Waals surface area (Å²) in [6.45, 7) is 6.15. The number of nitrogen functional groups attached to an aromatic ring is 1. The molecule has 3 N–H and O–H groups in total. The lowest BCUT2D eigenvalue weighted by Gasteiger charge is -2.14. The molecule has 0 bridgehead atoms. The quantitative estimate of drug-likeness (QED) is 0.591. The van der Waals surface area contributed by atoms with Crippen LogP contribution in [0.2, 0.25) is 0 Å². The van der Waals surface area contributed by atoms with Crippen molar-refractivity contribution in [3.05, 3.63) is 54.0 Å². The minimum Gasteiger partial charge on any atom is -0.382 e. The van der Waals surface area contributed by atoms with Crippen molar-refractivity contribution in [1.82, 2.24) is 24.6 Å². The molecule has 1 unspecified atom stereocenters. The first-order valence-corrected chi connectivity index (χ1v) is 12.1. The number of nitrogens with one attached hydrogen (secondary N) is 1. The van der Waals surface area contributed by atoms with Gasteiger partial charge in [0.15, 0.2) is 0 Å². The summed E-state index contributed by atoms with van der Waals surface area (Å²) in [6, 6.07) is 8.79. The Morgan fingerprint density at radius 1 is 1.19 bits per heavy atom. The Bertz CT molecular complexity index is 1240. The number of aromatic nitrogens is 3. The van der Waals surface area contributed by atoms with Gasteiger partial charge in [-0.1, -0.05) is 6.07 Å². The molecule has 1 saturated heterocycles. The number of sulfonamides is 1. The van der Waals surface area contributed by atoms with Crippen LogP contribution in [-0.4, -0.2) is 55.0 Å². The summed E-state index contributed by atoms with van der Waals surface area (Å²) in [4.78, 5) is 15.7. The van der Waals surface area contributed by atoms with Crippen molar-refractivity contribution in [3.63, 3.8) is 0 Å². The van der Waals surface area contributed by atoms with Gasteiger partial charge in [-0.15, -0.1) is 0 Å². The Morgan fingerprint density at radius 3 is 2.72 bits per heavy atom. The molecule has 0 aliphatic carbocycles. The predicted octanol–water partition coefficient (Wildman–Crippen LogP) is 2.63. The van der Waals surface area contributed by atoms with Gasteiger partial charge < -0.3 is 10.6 Å². The van der Waals surface area contributed by atoms with Gasteiger partial charge in [-0.25, -0.2) is 23.1 Å². The van der Waals surface area contributed by atoms with Crippen LogP contribution in [0.5, 0.6) is 0 Å². The normalized spacial score (nSPS) is 17.0. The van der Waals surface area contributed by atoms with E-state index in [1.54, 1.807) is 30.6 Å². The highest BCUT2D eigenvalue weighted by Gasteiger charge is 2.23. The van der Waals surface area contributed by atoms with E-state index < -0.39 is 10.0 Å². The number of pyridine rings is 1. The highest BCUT2D eigenvalue weighted by Crippen LogP contribution is 2.29. The van der Waals surface area contributed by atoms with Crippen molar-refractivity contribution in [2.24, 2.45) is 5.92 Å². The largest absolute Gasteiger partial charge is 0.382 e. The van der Waals surface area contributed by atoms with E-state index in [2.05, 4.69) is 26.6 Å². The van der Waals surface area contributed by atoms with Crippen LogP contribution in [0.4, 0.5) is 5.82 Å².